The van der Waals surface area contributed by atoms with Crippen molar-refractivity contribution in [1.29, 1.82) is 0 Å². The topological polar surface area (TPSA) is 55.9 Å². The lowest BCUT2D eigenvalue weighted by Gasteiger charge is -2.15. The first-order chi connectivity index (χ1) is 9.15. The summed E-state index contributed by atoms with van der Waals surface area (Å²) in [6, 6.07) is 2.28. The van der Waals surface area contributed by atoms with Crippen molar-refractivity contribution in [3.05, 3.63) is 38.5 Å². The Kier molecular flexibility index (Phi) is 5.15. The van der Waals surface area contributed by atoms with Crippen molar-refractivity contribution in [3.8, 4) is 0 Å². The Morgan fingerprint density at radius 1 is 1.58 bits per heavy atom. The van der Waals surface area contributed by atoms with Gasteiger partial charge in [-0.3, -0.25) is 11.3 Å². The first-order valence-corrected chi connectivity index (χ1v) is 7.98. The zero-order valence-electron chi connectivity index (χ0n) is 11.2. The summed E-state index contributed by atoms with van der Waals surface area (Å²) in [6.07, 6.45) is 5.79. The molecule has 0 fully saturated rings. The van der Waals surface area contributed by atoms with Crippen molar-refractivity contribution in [1.82, 2.24) is 15.0 Å². The number of hydrogen-bond donors (Lipinski definition) is 2. The van der Waals surface area contributed by atoms with Crippen LogP contribution in [0.4, 0.5) is 0 Å². The third-order valence-corrected chi connectivity index (χ3v) is 5.32. The molecule has 0 spiro atoms. The highest BCUT2D eigenvalue weighted by atomic mass is 79.9. The number of thiophene rings is 1. The maximum absolute atomic E-state index is 5.71. The minimum Gasteiger partial charge on any atom is -0.335 e. The van der Waals surface area contributed by atoms with Gasteiger partial charge in [0.1, 0.15) is 5.82 Å². The summed E-state index contributed by atoms with van der Waals surface area (Å²) in [6.45, 7) is 5.26. The van der Waals surface area contributed by atoms with E-state index < -0.39 is 0 Å². The number of aromatic nitrogens is 2. The zero-order valence-corrected chi connectivity index (χ0v) is 13.6. The molecule has 6 heteroatoms. The SMILES string of the molecule is CCCn1ccnc1CC(NN)c1cc(C)c(Br)s1. The molecule has 2 rings (SSSR count). The molecule has 0 aliphatic heterocycles. The molecule has 0 saturated heterocycles. The van der Waals surface area contributed by atoms with Crippen LogP contribution >= 0.6 is 27.3 Å². The Labute approximate surface area is 126 Å². The van der Waals surface area contributed by atoms with E-state index in [1.807, 2.05) is 12.4 Å². The third-order valence-electron chi connectivity index (χ3n) is 3.07. The summed E-state index contributed by atoms with van der Waals surface area (Å²) in [5.74, 6) is 6.78. The Morgan fingerprint density at radius 2 is 2.37 bits per heavy atom. The molecular weight excluding hydrogens is 324 g/mol. The maximum atomic E-state index is 5.71. The van der Waals surface area contributed by atoms with Gasteiger partial charge in [0.2, 0.25) is 0 Å². The van der Waals surface area contributed by atoms with E-state index in [1.165, 1.54) is 14.2 Å². The third kappa shape index (κ3) is 3.45. The van der Waals surface area contributed by atoms with E-state index in [9.17, 15) is 0 Å². The van der Waals surface area contributed by atoms with Crippen LogP contribution < -0.4 is 11.3 Å². The first-order valence-electron chi connectivity index (χ1n) is 6.37. The Morgan fingerprint density at radius 3 is 2.95 bits per heavy atom. The summed E-state index contributed by atoms with van der Waals surface area (Å²) in [4.78, 5) is 5.67. The Hall–Kier alpha value is -0.690. The lowest BCUT2D eigenvalue weighted by atomic mass is 10.1. The quantitative estimate of drug-likeness (QED) is 0.626. The summed E-state index contributed by atoms with van der Waals surface area (Å²) >= 11 is 5.29. The standard InChI is InChI=1S/C13H19BrN4S/c1-3-5-18-6-4-16-12(18)8-10(17-15)11-7-9(2)13(14)19-11/h4,6-7,10,17H,3,5,8,15H2,1-2H3. The number of hydrogen-bond acceptors (Lipinski definition) is 4. The molecule has 3 N–H and O–H groups in total. The molecule has 0 amide bonds. The van der Waals surface area contributed by atoms with Crippen molar-refractivity contribution >= 4 is 27.3 Å². The molecule has 1 atom stereocenters. The van der Waals surface area contributed by atoms with Crippen molar-refractivity contribution < 1.29 is 0 Å². The number of halogens is 1. The van der Waals surface area contributed by atoms with Gasteiger partial charge in [0.25, 0.3) is 0 Å². The average Bonchev–Trinajstić information content (AvgIpc) is 2.95. The molecule has 104 valence electrons. The molecule has 0 bridgehead atoms. The van der Waals surface area contributed by atoms with Gasteiger partial charge in [-0.2, -0.15) is 0 Å². The minimum absolute atomic E-state index is 0.105. The number of aryl methyl sites for hydroxylation is 2. The smallest absolute Gasteiger partial charge is 0.110 e. The number of rotatable bonds is 6. The van der Waals surface area contributed by atoms with Gasteiger partial charge in [0, 0.05) is 30.2 Å². The first kappa shape index (κ1) is 14.7. The zero-order chi connectivity index (χ0) is 13.8. The molecule has 2 aromatic heterocycles. The van der Waals surface area contributed by atoms with Crippen LogP contribution in [0.2, 0.25) is 0 Å². The molecule has 0 radical (unpaired) electrons. The predicted octanol–water partition coefficient (Wildman–Crippen LogP) is 3.17. The summed E-state index contributed by atoms with van der Waals surface area (Å²) in [7, 11) is 0. The van der Waals surface area contributed by atoms with Crippen LogP contribution in [0.25, 0.3) is 0 Å². The highest BCUT2D eigenvalue weighted by molar-refractivity contribution is 9.11. The van der Waals surface area contributed by atoms with Crippen molar-refractivity contribution in [2.75, 3.05) is 0 Å². The van der Waals surface area contributed by atoms with Gasteiger partial charge in [-0.15, -0.1) is 11.3 Å². The van der Waals surface area contributed by atoms with Crippen molar-refractivity contribution in [2.24, 2.45) is 5.84 Å². The van der Waals surface area contributed by atoms with E-state index in [-0.39, 0.29) is 6.04 Å². The predicted molar refractivity (Wildman–Crippen MR) is 83.0 cm³/mol. The van der Waals surface area contributed by atoms with E-state index in [0.29, 0.717) is 0 Å². The molecule has 4 nitrogen and oxygen atoms in total. The fraction of sp³-hybridized carbons (Fsp3) is 0.462. The second-order valence-electron chi connectivity index (χ2n) is 4.57. The summed E-state index contributed by atoms with van der Waals surface area (Å²) < 4.78 is 3.36. The molecule has 0 saturated carbocycles. The average molecular weight is 343 g/mol. The van der Waals surface area contributed by atoms with Crippen LogP contribution in [0.3, 0.4) is 0 Å². The van der Waals surface area contributed by atoms with Crippen LogP contribution in [-0.4, -0.2) is 9.55 Å². The number of hydrazine groups is 1. The van der Waals surface area contributed by atoms with E-state index in [2.05, 4.69) is 50.8 Å². The van der Waals surface area contributed by atoms with Crippen LogP contribution in [0.5, 0.6) is 0 Å². The highest BCUT2D eigenvalue weighted by Crippen LogP contribution is 2.32. The number of nitrogens with zero attached hydrogens (tertiary/aromatic N) is 2. The minimum atomic E-state index is 0.105. The van der Waals surface area contributed by atoms with Gasteiger partial charge in [-0.05, 0) is 40.9 Å². The van der Waals surface area contributed by atoms with Gasteiger partial charge in [0.15, 0.2) is 0 Å². The van der Waals surface area contributed by atoms with E-state index >= 15 is 0 Å². The van der Waals surface area contributed by atoms with E-state index in [1.54, 1.807) is 11.3 Å². The lowest BCUT2D eigenvalue weighted by molar-refractivity contribution is 0.523. The van der Waals surface area contributed by atoms with Crippen molar-refractivity contribution in [3.63, 3.8) is 0 Å². The molecule has 0 aromatic carbocycles. The number of nitrogens with one attached hydrogen (secondary N) is 1. The second-order valence-corrected chi connectivity index (χ2v) is 6.97. The van der Waals surface area contributed by atoms with Gasteiger partial charge >= 0.3 is 0 Å². The number of nitrogens with two attached hydrogens (primary N) is 1. The lowest BCUT2D eigenvalue weighted by Crippen LogP contribution is -2.29. The van der Waals surface area contributed by atoms with Crippen LogP contribution in [0.15, 0.2) is 22.2 Å². The Balaban J connectivity index is 2.16. The highest BCUT2D eigenvalue weighted by Gasteiger charge is 2.17. The fourth-order valence-corrected chi connectivity index (χ4v) is 3.69. The maximum Gasteiger partial charge on any atom is 0.110 e. The van der Waals surface area contributed by atoms with Crippen LogP contribution in [0.1, 0.15) is 35.7 Å². The van der Waals surface area contributed by atoms with E-state index in [0.717, 1.165) is 25.2 Å². The molecule has 19 heavy (non-hydrogen) atoms. The van der Waals surface area contributed by atoms with Gasteiger partial charge < -0.3 is 4.57 Å². The fourth-order valence-electron chi connectivity index (χ4n) is 2.05. The monoisotopic (exact) mass is 342 g/mol. The molecule has 2 heterocycles. The van der Waals surface area contributed by atoms with Crippen molar-refractivity contribution in [2.45, 2.75) is 39.3 Å². The largest absolute Gasteiger partial charge is 0.335 e. The van der Waals surface area contributed by atoms with Crippen LogP contribution in [0, 0.1) is 6.92 Å². The molecule has 0 aliphatic rings. The molecule has 1 unspecified atom stereocenters. The van der Waals surface area contributed by atoms with Gasteiger partial charge in [0.05, 0.1) is 9.83 Å². The number of imidazole rings is 1. The van der Waals surface area contributed by atoms with Gasteiger partial charge in [-0.1, -0.05) is 6.92 Å². The molecule has 0 aliphatic carbocycles. The molecule has 2 aromatic rings. The second kappa shape index (κ2) is 6.65. The van der Waals surface area contributed by atoms with Crippen LogP contribution in [-0.2, 0) is 13.0 Å². The summed E-state index contributed by atoms with van der Waals surface area (Å²) in [5.41, 5.74) is 4.15. The van der Waals surface area contributed by atoms with Gasteiger partial charge in [-0.25, -0.2) is 4.98 Å². The normalized spacial score (nSPS) is 12.8. The summed E-state index contributed by atoms with van der Waals surface area (Å²) in [5, 5.41) is 0. The molecular formula is C13H19BrN4S. The van der Waals surface area contributed by atoms with E-state index in [4.69, 9.17) is 5.84 Å². The Bertz CT molecular complexity index is 515.